The van der Waals surface area contributed by atoms with E-state index in [0.29, 0.717) is 0 Å². The van der Waals surface area contributed by atoms with E-state index in [-0.39, 0.29) is 17.1 Å². The van der Waals surface area contributed by atoms with Gasteiger partial charge in [0.25, 0.3) is 15.7 Å². The molecule has 0 amide bonds. The van der Waals surface area contributed by atoms with Gasteiger partial charge >= 0.3 is 0 Å². The zero-order chi connectivity index (χ0) is 17.6. The minimum absolute atomic E-state index is 0.0135. The third kappa shape index (κ3) is 2.47. The van der Waals surface area contributed by atoms with Gasteiger partial charge in [-0.1, -0.05) is 23.8 Å². The zero-order valence-electron chi connectivity index (χ0n) is 13.1. The van der Waals surface area contributed by atoms with Gasteiger partial charge in [0.2, 0.25) is 0 Å². The Morgan fingerprint density at radius 3 is 2.62 bits per heavy atom. The Labute approximate surface area is 143 Å². The predicted molar refractivity (Wildman–Crippen MR) is 90.4 cm³/mol. The summed E-state index contributed by atoms with van der Waals surface area (Å²) in [4.78, 5) is 22.4. The second kappa shape index (κ2) is 5.98. The summed E-state index contributed by atoms with van der Waals surface area (Å²) in [7, 11) is -4.10. The molecule has 7 nitrogen and oxygen atoms in total. The first-order chi connectivity index (χ1) is 11.3. The van der Waals surface area contributed by atoms with Crippen LogP contribution in [0.15, 0.2) is 40.8 Å². The van der Waals surface area contributed by atoms with Crippen LogP contribution in [-0.2, 0) is 14.8 Å². The molecule has 0 unspecified atom stereocenters. The van der Waals surface area contributed by atoms with Crippen molar-refractivity contribution in [3.05, 3.63) is 46.0 Å². The molecular weight excluding hydrogens is 352 g/mol. The molecule has 2 heterocycles. The Kier molecular flexibility index (Phi) is 4.27. The fourth-order valence-electron chi connectivity index (χ4n) is 3.43. The summed E-state index contributed by atoms with van der Waals surface area (Å²) in [6.45, 7) is 1.80. The molecule has 0 saturated carbocycles. The molecule has 0 spiro atoms. The van der Waals surface area contributed by atoms with Crippen molar-refractivity contribution in [1.29, 1.82) is 0 Å². The number of Topliss-reactive ketones (excluding diaryl/α,β-unsaturated/α-hetero) is 1. The highest BCUT2D eigenvalue weighted by atomic mass is 32.2. The van der Waals surface area contributed by atoms with Crippen LogP contribution in [0.5, 0.6) is 0 Å². The number of piperidine rings is 1. The van der Waals surface area contributed by atoms with Gasteiger partial charge in [0.15, 0.2) is 4.90 Å². The van der Waals surface area contributed by atoms with Crippen molar-refractivity contribution in [3.8, 4) is 0 Å². The second-order valence-electron chi connectivity index (χ2n) is 5.81. The van der Waals surface area contributed by atoms with Gasteiger partial charge < -0.3 is 0 Å². The number of thioether (sulfide) groups is 1. The average Bonchev–Trinajstić information content (AvgIpc) is 2.79. The normalized spacial score (nSPS) is 27.2. The van der Waals surface area contributed by atoms with Gasteiger partial charge in [-0.3, -0.25) is 14.9 Å². The molecule has 2 aliphatic rings. The van der Waals surface area contributed by atoms with Crippen molar-refractivity contribution in [3.63, 3.8) is 0 Å². The van der Waals surface area contributed by atoms with E-state index >= 15 is 0 Å². The van der Waals surface area contributed by atoms with E-state index in [2.05, 4.69) is 0 Å². The summed E-state index contributed by atoms with van der Waals surface area (Å²) >= 11 is 1.31. The first-order valence-electron chi connectivity index (χ1n) is 7.30. The number of benzene rings is 1. The molecule has 9 heteroatoms. The maximum Gasteiger partial charge on any atom is 0.289 e. The van der Waals surface area contributed by atoms with E-state index in [9.17, 15) is 23.3 Å². The Morgan fingerprint density at radius 2 is 2.00 bits per heavy atom. The fraction of sp³-hybridized carbons (Fsp3) is 0.400. The number of para-hydroxylation sites is 1. The lowest BCUT2D eigenvalue weighted by Crippen LogP contribution is -2.54. The molecule has 24 heavy (non-hydrogen) atoms. The largest absolute Gasteiger partial charge is 0.298 e. The molecule has 1 fully saturated rings. The van der Waals surface area contributed by atoms with Crippen molar-refractivity contribution >= 4 is 33.3 Å². The predicted octanol–water partition coefficient (Wildman–Crippen LogP) is 1.99. The van der Waals surface area contributed by atoms with Crippen LogP contribution in [0.1, 0.15) is 13.3 Å². The van der Waals surface area contributed by atoms with E-state index in [4.69, 9.17) is 0 Å². The summed E-state index contributed by atoms with van der Waals surface area (Å²) < 4.78 is 27.6. The van der Waals surface area contributed by atoms with Crippen molar-refractivity contribution < 1.29 is 18.1 Å². The van der Waals surface area contributed by atoms with Gasteiger partial charge in [-0.2, -0.15) is 16.1 Å². The van der Waals surface area contributed by atoms with Crippen molar-refractivity contribution in [2.75, 3.05) is 6.26 Å². The lowest BCUT2D eigenvalue weighted by Gasteiger charge is -2.38. The van der Waals surface area contributed by atoms with Gasteiger partial charge in [-0.25, -0.2) is 8.42 Å². The molecule has 2 aliphatic heterocycles. The molecule has 3 rings (SSSR count). The van der Waals surface area contributed by atoms with Crippen LogP contribution < -0.4 is 0 Å². The van der Waals surface area contributed by atoms with Crippen molar-refractivity contribution in [2.45, 2.75) is 35.6 Å². The number of carbonyl (C=O) groups is 1. The fourth-order valence-corrected chi connectivity index (χ4v) is 6.43. The first kappa shape index (κ1) is 17.1. The maximum absolute atomic E-state index is 13.2. The van der Waals surface area contributed by atoms with Gasteiger partial charge in [0.05, 0.1) is 22.3 Å². The number of nitrogens with zero attached hydrogens (tertiary/aromatic N) is 2. The number of ketones is 1. The van der Waals surface area contributed by atoms with Crippen LogP contribution >= 0.6 is 11.8 Å². The van der Waals surface area contributed by atoms with Crippen LogP contribution in [0.4, 0.5) is 5.69 Å². The molecular formula is C15H16N2O5S2. The summed E-state index contributed by atoms with van der Waals surface area (Å²) in [5, 5.41) is 10.7. The van der Waals surface area contributed by atoms with E-state index in [1.54, 1.807) is 19.3 Å². The number of nitro benzene ring substituents is 1. The van der Waals surface area contributed by atoms with Crippen LogP contribution in [-0.4, -0.2) is 47.0 Å². The highest BCUT2D eigenvalue weighted by molar-refractivity contribution is 8.00. The van der Waals surface area contributed by atoms with E-state index in [0.717, 1.165) is 5.57 Å². The molecule has 0 radical (unpaired) electrons. The molecule has 3 atom stereocenters. The molecule has 2 bridgehead atoms. The Hall–Kier alpha value is -1.71. The molecule has 128 valence electrons. The van der Waals surface area contributed by atoms with E-state index < -0.39 is 38.0 Å². The highest BCUT2D eigenvalue weighted by Crippen LogP contribution is 2.42. The molecule has 0 aliphatic carbocycles. The quantitative estimate of drug-likeness (QED) is 0.458. The lowest BCUT2D eigenvalue weighted by molar-refractivity contribution is -0.387. The molecule has 0 aromatic heterocycles. The first-order valence-corrected chi connectivity index (χ1v) is 10.0. The summed E-state index contributed by atoms with van der Waals surface area (Å²) in [6.07, 6.45) is 3.65. The minimum Gasteiger partial charge on any atom is -0.298 e. The number of hydrogen-bond acceptors (Lipinski definition) is 6. The average molecular weight is 368 g/mol. The Bertz CT molecular complexity index is 849. The highest BCUT2D eigenvalue weighted by Gasteiger charge is 2.52. The Balaban J connectivity index is 2.12. The maximum atomic E-state index is 13.2. The SMILES string of the molecule is CS[C@@H]1C(=O)C[C@@H]2C=C(C)[C@H]1N2S(=O)(=O)c1ccccc1[N+](=O)[O-]. The standard InChI is InChI=1S/C15H16N2O5S2/c1-9-7-10-8-12(18)15(23-2)14(9)16(10)24(21,22)13-6-4-3-5-11(13)17(19)20/h3-7,10,14-15H,8H2,1-2H3/t10-,14+,15+/m0/s1. The third-order valence-corrected chi connectivity index (χ3v) is 7.39. The van der Waals surface area contributed by atoms with Gasteiger partial charge in [0.1, 0.15) is 5.78 Å². The van der Waals surface area contributed by atoms with Gasteiger partial charge in [-0.15, -0.1) is 0 Å². The van der Waals surface area contributed by atoms with Crippen molar-refractivity contribution in [1.82, 2.24) is 4.31 Å². The smallest absolute Gasteiger partial charge is 0.289 e. The number of rotatable bonds is 4. The molecule has 1 saturated heterocycles. The minimum atomic E-state index is -4.10. The lowest BCUT2D eigenvalue weighted by atomic mass is 10.0. The van der Waals surface area contributed by atoms with E-state index in [1.165, 1.54) is 40.3 Å². The second-order valence-corrected chi connectivity index (χ2v) is 8.60. The van der Waals surface area contributed by atoms with Crippen LogP contribution in [0.2, 0.25) is 0 Å². The number of nitro groups is 1. The van der Waals surface area contributed by atoms with E-state index in [1.807, 2.05) is 0 Å². The summed E-state index contributed by atoms with van der Waals surface area (Å²) in [5.74, 6) is 0.0135. The Morgan fingerprint density at radius 1 is 1.33 bits per heavy atom. The molecule has 1 aromatic rings. The summed E-state index contributed by atoms with van der Waals surface area (Å²) in [6, 6.07) is 4.15. The molecule has 1 aromatic carbocycles. The molecule has 0 N–H and O–H groups in total. The number of carbonyl (C=O) groups excluding carboxylic acids is 1. The van der Waals surface area contributed by atoms with Gasteiger partial charge in [-0.05, 0) is 19.2 Å². The number of hydrogen-bond donors (Lipinski definition) is 0. The topological polar surface area (TPSA) is 97.6 Å². The van der Waals surface area contributed by atoms with Gasteiger partial charge in [0, 0.05) is 12.5 Å². The number of fused-ring (bicyclic) bond motifs is 2. The van der Waals surface area contributed by atoms with Crippen LogP contribution in [0, 0.1) is 10.1 Å². The van der Waals surface area contributed by atoms with Crippen molar-refractivity contribution in [2.24, 2.45) is 0 Å². The van der Waals surface area contributed by atoms with Crippen LogP contribution in [0.3, 0.4) is 0 Å². The number of sulfonamides is 1. The zero-order valence-corrected chi connectivity index (χ0v) is 14.7. The van der Waals surface area contributed by atoms with Crippen LogP contribution in [0.25, 0.3) is 0 Å². The monoisotopic (exact) mass is 368 g/mol. The third-order valence-electron chi connectivity index (χ3n) is 4.41. The summed E-state index contributed by atoms with van der Waals surface area (Å²) in [5.41, 5.74) is 0.361.